The zero-order chi connectivity index (χ0) is 20.5. The first-order valence-corrected chi connectivity index (χ1v) is 12.1. The maximum atomic E-state index is 11.9. The smallest absolute Gasteiger partial charge is 0.746 e. The summed E-state index contributed by atoms with van der Waals surface area (Å²) in [5, 5.41) is -1.30. The third-order valence-corrected chi connectivity index (χ3v) is 6.16. The summed E-state index contributed by atoms with van der Waals surface area (Å²) in [6.45, 7) is 3.49. The van der Waals surface area contributed by atoms with Crippen LogP contribution < -0.4 is 29.6 Å². The fourth-order valence-corrected chi connectivity index (χ4v) is 3.42. The molecule has 0 N–H and O–H groups in total. The van der Waals surface area contributed by atoms with Gasteiger partial charge in [-0.25, -0.2) is 8.42 Å². The van der Waals surface area contributed by atoms with Gasteiger partial charge in [-0.2, -0.15) is 0 Å². The van der Waals surface area contributed by atoms with E-state index in [-0.39, 0.29) is 35.5 Å². The number of rotatable bonds is 17. The zero-order valence-corrected chi connectivity index (χ0v) is 21.4. The second-order valence-corrected chi connectivity index (χ2v) is 9.10. The van der Waals surface area contributed by atoms with Crippen LogP contribution in [-0.4, -0.2) is 36.2 Å². The largest absolute Gasteiger partial charge is 1.00 e. The van der Waals surface area contributed by atoms with Gasteiger partial charge in [0.05, 0.1) is 0 Å². The standard InChI is InChI=1S/C21H41NO4S.Na/c1-4-5-6-7-8-9-10-11-12-13-14-15-16-17-18-19-21(23)22(3)20(2)27(24,25)26;/h11-12,20H,4-10,13-19H2,1-3H3,(H,24,25,26);/q;+1/p-1/b12-11-;. The Morgan fingerprint density at radius 2 is 1.32 bits per heavy atom. The predicted molar refractivity (Wildman–Crippen MR) is 111 cm³/mol. The van der Waals surface area contributed by atoms with Gasteiger partial charge in [0, 0.05) is 13.5 Å². The van der Waals surface area contributed by atoms with Gasteiger partial charge < -0.3 is 9.45 Å². The number of allylic oxidation sites excluding steroid dienone is 2. The van der Waals surface area contributed by atoms with Gasteiger partial charge >= 0.3 is 29.6 Å². The monoisotopic (exact) mass is 425 g/mol. The molecule has 0 radical (unpaired) electrons. The molecule has 1 atom stereocenters. The van der Waals surface area contributed by atoms with Crippen LogP contribution in [0.3, 0.4) is 0 Å². The molecule has 0 spiro atoms. The van der Waals surface area contributed by atoms with Crippen LogP contribution in [0.1, 0.15) is 104 Å². The molecule has 0 fully saturated rings. The fourth-order valence-electron chi connectivity index (χ4n) is 2.92. The normalized spacial score (nSPS) is 12.7. The van der Waals surface area contributed by atoms with E-state index in [1.165, 1.54) is 65.3 Å². The summed E-state index contributed by atoms with van der Waals surface area (Å²) in [5.41, 5.74) is 0. The molecule has 28 heavy (non-hydrogen) atoms. The zero-order valence-electron chi connectivity index (χ0n) is 18.6. The number of hydrogen-bond donors (Lipinski definition) is 0. The van der Waals surface area contributed by atoms with Crippen molar-refractivity contribution in [2.24, 2.45) is 0 Å². The van der Waals surface area contributed by atoms with Gasteiger partial charge in [0.25, 0.3) is 0 Å². The van der Waals surface area contributed by atoms with Crippen LogP contribution in [0.25, 0.3) is 0 Å². The molecular formula is C21H40NNaO4S. The molecule has 0 aliphatic rings. The van der Waals surface area contributed by atoms with Gasteiger partial charge in [0.1, 0.15) is 15.5 Å². The van der Waals surface area contributed by atoms with Crippen LogP contribution in [0.4, 0.5) is 0 Å². The van der Waals surface area contributed by atoms with Crippen molar-refractivity contribution in [3.63, 3.8) is 0 Å². The summed E-state index contributed by atoms with van der Waals surface area (Å²) in [6.07, 6.45) is 20.4. The Hall–Kier alpha value is 0.120. The Balaban J connectivity index is 0. The van der Waals surface area contributed by atoms with Crippen LogP contribution in [-0.2, 0) is 14.9 Å². The van der Waals surface area contributed by atoms with E-state index in [0.717, 1.165) is 37.0 Å². The quantitative estimate of drug-likeness (QED) is 0.155. The van der Waals surface area contributed by atoms with Crippen molar-refractivity contribution in [2.75, 3.05) is 7.05 Å². The maximum Gasteiger partial charge on any atom is 1.00 e. The van der Waals surface area contributed by atoms with Crippen molar-refractivity contribution in [1.82, 2.24) is 4.90 Å². The van der Waals surface area contributed by atoms with Crippen LogP contribution in [0.5, 0.6) is 0 Å². The van der Waals surface area contributed by atoms with E-state index in [1.807, 2.05) is 0 Å². The minimum absolute atomic E-state index is 0. The van der Waals surface area contributed by atoms with Gasteiger partial charge in [-0.15, -0.1) is 0 Å². The van der Waals surface area contributed by atoms with E-state index >= 15 is 0 Å². The van der Waals surface area contributed by atoms with E-state index in [1.54, 1.807) is 0 Å². The van der Waals surface area contributed by atoms with Crippen LogP contribution in [0.15, 0.2) is 12.2 Å². The number of hydrogen-bond acceptors (Lipinski definition) is 4. The van der Waals surface area contributed by atoms with E-state index in [9.17, 15) is 17.8 Å². The number of carbonyl (C=O) groups is 1. The van der Waals surface area contributed by atoms with Gasteiger partial charge in [0.2, 0.25) is 5.91 Å². The van der Waals surface area contributed by atoms with Crippen molar-refractivity contribution in [1.29, 1.82) is 0 Å². The first-order valence-electron chi connectivity index (χ1n) is 10.7. The molecule has 0 heterocycles. The molecule has 160 valence electrons. The molecule has 1 amide bonds. The Bertz CT molecular complexity index is 509. The van der Waals surface area contributed by atoms with Crippen LogP contribution in [0, 0.1) is 0 Å². The van der Waals surface area contributed by atoms with E-state index in [4.69, 9.17) is 0 Å². The minimum Gasteiger partial charge on any atom is -0.746 e. The van der Waals surface area contributed by atoms with Gasteiger partial charge in [0.15, 0.2) is 0 Å². The molecule has 0 bridgehead atoms. The summed E-state index contributed by atoms with van der Waals surface area (Å²) in [4.78, 5) is 12.9. The Labute approximate surface area is 195 Å². The Kier molecular flexibility index (Phi) is 20.7. The molecule has 0 rings (SSSR count). The molecule has 5 nitrogen and oxygen atoms in total. The first kappa shape index (κ1) is 30.3. The molecule has 0 aromatic rings. The Morgan fingerprint density at radius 1 is 0.893 bits per heavy atom. The second kappa shape index (κ2) is 19.1. The fraction of sp³-hybridized carbons (Fsp3) is 0.857. The number of amides is 1. The molecule has 0 saturated heterocycles. The third kappa shape index (κ3) is 17.0. The van der Waals surface area contributed by atoms with Crippen LogP contribution in [0.2, 0.25) is 0 Å². The van der Waals surface area contributed by atoms with Crippen molar-refractivity contribution in [2.45, 2.75) is 109 Å². The molecule has 0 aliphatic heterocycles. The molecule has 0 aromatic heterocycles. The second-order valence-electron chi connectivity index (χ2n) is 7.43. The van der Waals surface area contributed by atoms with Crippen LogP contribution >= 0.6 is 0 Å². The van der Waals surface area contributed by atoms with Crippen molar-refractivity contribution < 1.29 is 47.3 Å². The summed E-state index contributed by atoms with van der Waals surface area (Å²) >= 11 is 0. The van der Waals surface area contributed by atoms with Gasteiger partial charge in [-0.05, 0) is 39.0 Å². The summed E-state index contributed by atoms with van der Waals surface area (Å²) < 4.78 is 32.8. The van der Waals surface area contributed by atoms with E-state index < -0.39 is 15.5 Å². The SMILES string of the molecule is CCCCCCCC/C=C\CCCCCCCC(=O)N(C)C(C)S(=O)(=O)[O-].[Na+]. The van der Waals surface area contributed by atoms with Gasteiger partial charge in [-0.3, -0.25) is 4.79 Å². The molecule has 0 aromatic carbocycles. The molecular weight excluding hydrogens is 385 g/mol. The summed E-state index contributed by atoms with van der Waals surface area (Å²) in [5.74, 6) is -0.278. The molecule has 0 saturated carbocycles. The predicted octanol–water partition coefficient (Wildman–Crippen LogP) is 2.38. The minimum atomic E-state index is -4.46. The Morgan fingerprint density at radius 3 is 1.79 bits per heavy atom. The third-order valence-electron chi connectivity index (χ3n) is 5.01. The molecule has 0 aliphatic carbocycles. The average molecular weight is 426 g/mol. The van der Waals surface area contributed by atoms with E-state index in [0.29, 0.717) is 6.42 Å². The first-order chi connectivity index (χ1) is 12.8. The molecule has 7 heteroatoms. The van der Waals surface area contributed by atoms with E-state index in [2.05, 4.69) is 19.1 Å². The maximum absolute atomic E-state index is 11.9. The van der Waals surface area contributed by atoms with Gasteiger partial charge in [-0.1, -0.05) is 70.4 Å². The average Bonchev–Trinajstić information content (AvgIpc) is 2.62. The van der Waals surface area contributed by atoms with Crippen molar-refractivity contribution >= 4 is 16.0 Å². The topological polar surface area (TPSA) is 77.5 Å². The molecule has 1 unspecified atom stereocenters. The van der Waals surface area contributed by atoms with Crippen molar-refractivity contribution in [3.8, 4) is 0 Å². The summed E-state index contributed by atoms with van der Waals surface area (Å²) in [7, 11) is -3.08. The summed E-state index contributed by atoms with van der Waals surface area (Å²) in [6, 6.07) is 0. The number of nitrogens with zero attached hydrogens (tertiary/aromatic N) is 1. The van der Waals surface area contributed by atoms with Crippen molar-refractivity contribution in [3.05, 3.63) is 12.2 Å². The number of unbranched alkanes of at least 4 members (excludes halogenated alkanes) is 11. The number of carbonyl (C=O) groups excluding carboxylic acids is 1.